The number of hydrogen-bond acceptors (Lipinski definition) is 0. The molecule has 0 unspecified atom stereocenters. The molecule has 0 N–H and O–H groups in total. The Morgan fingerprint density at radius 3 is 2.02 bits per heavy atom. The van der Waals surface area contributed by atoms with Crippen LogP contribution >= 0.6 is 0 Å². The molecule has 40 heavy (non-hydrogen) atoms. The molecule has 1 nitrogen and oxygen atoms in total. The van der Waals surface area contributed by atoms with E-state index < -0.39 is 0 Å². The molecule has 1 heteroatoms. The Kier molecular flexibility index (Phi) is 4.18. The second-order valence-corrected chi connectivity index (χ2v) is 11.7. The monoisotopic (exact) mass is 509 g/mol. The normalized spacial score (nSPS) is 13.9. The number of aromatic nitrogens is 1. The predicted octanol–water partition coefficient (Wildman–Crippen LogP) is 10.5. The van der Waals surface area contributed by atoms with E-state index in [4.69, 9.17) is 0 Å². The Labute approximate surface area is 232 Å². The average molecular weight is 510 g/mol. The van der Waals surface area contributed by atoms with Gasteiger partial charge in [-0.1, -0.05) is 123 Å². The van der Waals surface area contributed by atoms with Crippen LogP contribution in [0.3, 0.4) is 0 Å². The maximum atomic E-state index is 2.56. The van der Waals surface area contributed by atoms with E-state index in [0.717, 1.165) is 0 Å². The topological polar surface area (TPSA) is 4.93 Å². The summed E-state index contributed by atoms with van der Waals surface area (Å²) >= 11 is 0. The zero-order valence-corrected chi connectivity index (χ0v) is 22.6. The van der Waals surface area contributed by atoms with Crippen LogP contribution in [0, 0.1) is 0 Å². The standard InChI is InChI=1S/C39H27N/c1-39(2)31-18-8-7-17-29(31)37-35-26(14-9-19-32(35)39)23-30-36-28-16-6-4-12-25(28)21-22-34(36)40(38(30)37)33-20-10-13-24-11-3-5-15-27(24)33/h3-23H,1-2H3. The summed E-state index contributed by atoms with van der Waals surface area (Å²) in [5, 5.41) is 10.4. The molecule has 7 aromatic carbocycles. The van der Waals surface area contributed by atoms with Gasteiger partial charge in [0.15, 0.2) is 0 Å². The number of nitrogens with zero attached hydrogens (tertiary/aromatic N) is 1. The first-order valence-corrected chi connectivity index (χ1v) is 14.1. The van der Waals surface area contributed by atoms with Crippen LogP contribution in [-0.4, -0.2) is 4.57 Å². The van der Waals surface area contributed by atoms with Gasteiger partial charge in [0, 0.05) is 27.1 Å². The molecule has 1 aliphatic carbocycles. The minimum Gasteiger partial charge on any atom is -0.308 e. The van der Waals surface area contributed by atoms with Gasteiger partial charge in [-0.2, -0.15) is 0 Å². The van der Waals surface area contributed by atoms with Crippen LogP contribution in [0.15, 0.2) is 127 Å². The highest BCUT2D eigenvalue weighted by Crippen LogP contribution is 2.53. The van der Waals surface area contributed by atoms with Crippen molar-refractivity contribution in [3.8, 4) is 16.8 Å². The summed E-state index contributed by atoms with van der Waals surface area (Å²) in [7, 11) is 0. The lowest BCUT2D eigenvalue weighted by molar-refractivity contribution is 0.645. The molecule has 0 aliphatic heterocycles. The highest BCUT2D eigenvalue weighted by molar-refractivity contribution is 6.28. The largest absolute Gasteiger partial charge is 0.308 e. The summed E-state index contributed by atoms with van der Waals surface area (Å²) in [6.07, 6.45) is 0. The molecule has 1 aliphatic rings. The predicted molar refractivity (Wildman–Crippen MR) is 171 cm³/mol. The quantitative estimate of drug-likeness (QED) is 0.207. The molecular weight excluding hydrogens is 482 g/mol. The minimum absolute atomic E-state index is 0.0836. The van der Waals surface area contributed by atoms with Gasteiger partial charge >= 0.3 is 0 Å². The van der Waals surface area contributed by atoms with Crippen molar-refractivity contribution < 1.29 is 0 Å². The molecule has 0 atom stereocenters. The molecule has 1 heterocycles. The van der Waals surface area contributed by atoms with Gasteiger partial charge in [0.2, 0.25) is 0 Å². The molecule has 8 aromatic rings. The fourth-order valence-electron chi connectivity index (χ4n) is 7.55. The van der Waals surface area contributed by atoms with Crippen LogP contribution in [0.25, 0.3) is 70.9 Å². The fourth-order valence-corrected chi connectivity index (χ4v) is 7.55. The molecule has 0 saturated heterocycles. The number of hydrogen-bond donors (Lipinski definition) is 0. The SMILES string of the molecule is CC1(C)c2ccccc2-c2c3c1cccc3cc1c3c4ccccc4ccc3n(-c3cccc4ccccc34)c21. The first-order valence-electron chi connectivity index (χ1n) is 14.1. The van der Waals surface area contributed by atoms with E-state index in [0.29, 0.717) is 0 Å². The van der Waals surface area contributed by atoms with Gasteiger partial charge in [-0.25, -0.2) is 0 Å². The summed E-state index contributed by atoms with van der Waals surface area (Å²) in [6, 6.07) is 47.3. The van der Waals surface area contributed by atoms with Crippen molar-refractivity contribution in [3.05, 3.63) is 139 Å². The Morgan fingerprint density at radius 1 is 0.500 bits per heavy atom. The lowest BCUT2D eigenvalue weighted by Crippen LogP contribution is -2.23. The molecular formula is C39H27N. The van der Waals surface area contributed by atoms with E-state index in [1.807, 2.05) is 0 Å². The lowest BCUT2D eigenvalue weighted by Gasteiger charge is -2.35. The van der Waals surface area contributed by atoms with Crippen molar-refractivity contribution in [2.24, 2.45) is 0 Å². The van der Waals surface area contributed by atoms with Crippen molar-refractivity contribution in [3.63, 3.8) is 0 Å². The molecule has 0 radical (unpaired) electrons. The highest BCUT2D eigenvalue weighted by atomic mass is 15.0. The van der Waals surface area contributed by atoms with Gasteiger partial charge in [0.05, 0.1) is 16.7 Å². The first kappa shape index (κ1) is 22.0. The summed E-state index contributed by atoms with van der Waals surface area (Å²) < 4.78 is 2.56. The Hall–Kier alpha value is -4.88. The maximum Gasteiger partial charge on any atom is 0.0626 e. The van der Waals surface area contributed by atoms with E-state index in [-0.39, 0.29) is 5.41 Å². The minimum atomic E-state index is -0.0836. The second kappa shape index (κ2) is 7.61. The molecule has 0 fully saturated rings. The van der Waals surface area contributed by atoms with Crippen LogP contribution in [-0.2, 0) is 5.41 Å². The molecule has 0 saturated carbocycles. The summed E-state index contributed by atoms with van der Waals surface area (Å²) in [6.45, 7) is 4.75. The molecule has 188 valence electrons. The van der Waals surface area contributed by atoms with E-state index in [9.17, 15) is 0 Å². The van der Waals surface area contributed by atoms with Crippen molar-refractivity contribution in [1.29, 1.82) is 0 Å². The van der Waals surface area contributed by atoms with Gasteiger partial charge in [-0.15, -0.1) is 0 Å². The van der Waals surface area contributed by atoms with E-state index in [1.165, 1.54) is 82.1 Å². The number of fused-ring (bicyclic) bond motifs is 9. The molecule has 0 bridgehead atoms. The molecule has 9 rings (SSSR count). The summed E-state index contributed by atoms with van der Waals surface area (Å²) in [5.41, 5.74) is 9.18. The Bertz CT molecular complexity index is 2340. The maximum absolute atomic E-state index is 2.56. The fraction of sp³-hybridized carbons (Fsp3) is 0.0769. The number of rotatable bonds is 1. The molecule has 1 aromatic heterocycles. The Morgan fingerprint density at radius 2 is 1.15 bits per heavy atom. The second-order valence-electron chi connectivity index (χ2n) is 11.7. The van der Waals surface area contributed by atoms with E-state index >= 15 is 0 Å². The van der Waals surface area contributed by atoms with Gasteiger partial charge < -0.3 is 4.57 Å². The molecule has 0 amide bonds. The van der Waals surface area contributed by atoms with Crippen molar-refractivity contribution >= 4 is 54.1 Å². The van der Waals surface area contributed by atoms with Gasteiger partial charge in [-0.05, 0) is 61.8 Å². The van der Waals surface area contributed by atoms with Crippen LogP contribution in [0.5, 0.6) is 0 Å². The third kappa shape index (κ3) is 2.67. The van der Waals surface area contributed by atoms with Crippen LogP contribution in [0.1, 0.15) is 25.0 Å². The smallest absolute Gasteiger partial charge is 0.0626 e. The van der Waals surface area contributed by atoms with Crippen LogP contribution in [0.2, 0.25) is 0 Å². The van der Waals surface area contributed by atoms with Crippen LogP contribution < -0.4 is 0 Å². The highest BCUT2D eigenvalue weighted by Gasteiger charge is 2.35. The number of benzene rings is 7. The third-order valence-corrected chi connectivity index (χ3v) is 9.33. The van der Waals surface area contributed by atoms with E-state index in [1.54, 1.807) is 0 Å². The van der Waals surface area contributed by atoms with Crippen LogP contribution in [0.4, 0.5) is 0 Å². The van der Waals surface area contributed by atoms with Crippen molar-refractivity contribution in [2.75, 3.05) is 0 Å². The average Bonchev–Trinajstić information content (AvgIpc) is 3.33. The van der Waals surface area contributed by atoms with Gasteiger partial charge in [-0.3, -0.25) is 0 Å². The van der Waals surface area contributed by atoms with Crippen molar-refractivity contribution in [1.82, 2.24) is 4.57 Å². The van der Waals surface area contributed by atoms with E-state index in [2.05, 4.69) is 146 Å². The zero-order valence-electron chi connectivity index (χ0n) is 22.6. The Balaban J connectivity index is 1.63. The summed E-state index contributed by atoms with van der Waals surface area (Å²) in [5.74, 6) is 0. The molecule has 0 spiro atoms. The zero-order chi connectivity index (χ0) is 26.6. The van der Waals surface area contributed by atoms with Crippen molar-refractivity contribution in [2.45, 2.75) is 19.3 Å². The first-order chi connectivity index (χ1) is 19.6. The lowest BCUT2D eigenvalue weighted by atomic mass is 9.68. The van der Waals surface area contributed by atoms with Gasteiger partial charge in [0.1, 0.15) is 0 Å². The van der Waals surface area contributed by atoms with Gasteiger partial charge in [0.25, 0.3) is 0 Å². The third-order valence-electron chi connectivity index (χ3n) is 9.33. The summed E-state index contributed by atoms with van der Waals surface area (Å²) in [4.78, 5) is 0.